The van der Waals surface area contributed by atoms with Crippen LogP contribution in [-0.2, 0) is 6.18 Å². The third kappa shape index (κ3) is 6.24. The normalized spacial score (nSPS) is 18.8. The smallest absolute Gasteiger partial charge is 0.375 e. The Morgan fingerprint density at radius 3 is 2.27 bits per heavy atom. The molecule has 2 heterocycles. The van der Waals surface area contributed by atoms with Gasteiger partial charge in [-0.05, 0) is 57.0 Å². The van der Waals surface area contributed by atoms with Gasteiger partial charge in [-0.3, -0.25) is 5.43 Å². The number of piperazine rings is 1. The first-order valence-corrected chi connectivity index (χ1v) is 12.4. The Bertz CT molecular complexity index is 1150. The molecule has 4 rings (SSSR count). The second-order valence-electron chi connectivity index (χ2n) is 9.44. The van der Waals surface area contributed by atoms with Crippen LogP contribution < -0.4 is 25.9 Å². The molecule has 3 N–H and O–H groups in total. The fourth-order valence-electron chi connectivity index (χ4n) is 4.91. The zero-order chi connectivity index (χ0) is 26.7. The summed E-state index contributed by atoms with van der Waals surface area (Å²) in [6, 6.07) is 9.19. The van der Waals surface area contributed by atoms with Crippen LogP contribution in [-0.4, -0.2) is 75.6 Å². The van der Waals surface area contributed by atoms with E-state index in [0.717, 1.165) is 31.3 Å². The number of hydrogen-bond acceptors (Lipinski definition) is 6. The van der Waals surface area contributed by atoms with Gasteiger partial charge in [-0.25, -0.2) is 4.39 Å². The molecular weight excluding hydrogens is 506 g/mol. The Hall–Kier alpha value is -3.12. The summed E-state index contributed by atoms with van der Waals surface area (Å²) in [5.74, 6) is -0.423. The molecule has 7 nitrogen and oxygen atoms in total. The number of nitrogens with two attached hydrogens (primary N) is 1. The highest BCUT2D eigenvalue weighted by Crippen LogP contribution is 2.37. The van der Waals surface area contributed by atoms with Crippen LogP contribution in [0.3, 0.4) is 0 Å². The van der Waals surface area contributed by atoms with Crippen LogP contribution in [0.25, 0.3) is 0 Å². The molecule has 1 atom stereocenters. The summed E-state index contributed by atoms with van der Waals surface area (Å²) in [4.78, 5) is 7.97. The highest BCUT2D eigenvalue weighted by atomic mass is 32.1. The summed E-state index contributed by atoms with van der Waals surface area (Å²) in [5.41, 5.74) is 9.29. The van der Waals surface area contributed by atoms with Crippen LogP contribution >= 0.6 is 12.2 Å². The van der Waals surface area contributed by atoms with Crippen molar-refractivity contribution in [3.05, 3.63) is 53.3 Å². The Morgan fingerprint density at radius 1 is 1.03 bits per heavy atom. The van der Waals surface area contributed by atoms with Gasteiger partial charge in [0.15, 0.2) is 5.11 Å². The zero-order valence-electron chi connectivity index (χ0n) is 20.8. The van der Waals surface area contributed by atoms with E-state index < -0.39 is 17.6 Å². The monoisotopic (exact) mass is 537 g/mol. The van der Waals surface area contributed by atoms with E-state index >= 15 is 4.39 Å². The van der Waals surface area contributed by atoms with Crippen LogP contribution in [0.5, 0.6) is 0 Å². The number of alkyl halides is 3. The van der Waals surface area contributed by atoms with Gasteiger partial charge < -0.3 is 25.3 Å². The van der Waals surface area contributed by atoms with Crippen molar-refractivity contribution in [2.75, 3.05) is 68.1 Å². The van der Waals surface area contributed by atoms with Gasteiger partial charge >= 0.3 is 6.18 Å². The number of nitrogens with zero attached hydrogens (tertiary/aromatic N) is 5. The van der Waals surface area contributed by atoms with Gasteiger partial charge in [-0.1, -0.05) is 12.1 Å². The van der Waals surface area contributed by atoms with Gasteiger partial charge in [-0.15, -0.1) is 0 Å². The van der Waals surface area contributed by atoms with Crippen molar-refractivity contribution in [1.29, 1.82) is 0 Å². The van der Waals surface area contributed by atoms with Crippen LogP contribution in [0.1, 0.15) is 17.5 Å². The van der Waals surface area contributed by atoms with E-state index in [2.05, 4.69) is 20.3 Å². The van der Waals surface area contributed by atoms with Crippen molar-refractivity contribution in [3.8, 4) is 0 Å². The van der Waals surface area contributed by atoms with Crippen molar-refractivity contribution in [3.63, 3.8) is 0 Å². The maximum Gasteiger partial charge on any atom is 0.418 e. The van der Waals surface area contributed by atoms with E-state index in [0.29, 0.717) is 43.5 Å². The molecule has 2 aromatic carbocycles. The summed E-state index contributed by atoms with van der Waals surface area (Å²) in [6.07, 6.45) is -1.97. The molecule has 2 aliphatic heterocycles. The number of anilines is 3. The average molecular weight is 538 g/mol. The molecule has 0 amide bonds. The molecule has 37 heavy (non-hydrogen) atoms. The Kier molecular flexibility index (Phi) is 8.08. The molecule has 0 unspecified atom stereocenters. The van der Waals surface area contributed by atoms with E-state index in [1.54, 1.807) is 11.0 Å². The van der Waals surface area contributed by atoms with Crippen molar-refractivity contribution < 1.29 is 17.6 Å². The minimum absolute atomic E-state index is 0.00806. The standard InChI is InChI=1S/C25H31F4N7S/c1-33(2)18-7-8-36(16-18)22-14-23(20(26)13-17(22)15-31-32-24(30)37)35-11-9-34(10-12-35)21-6-4-3-5-19(21)25(27,28)29/h3-6,13-15,18H,7-12,16H2,1-2H3,(H3,30,32,37)/t18-/m1/s1. The van der Waals surface area contributed by atoms with Crippen LogP contribution in [0.4, 0.5) is 34.6 Å². The largest absolute Gasteiger partial charge is 0.418 e. The lowest BCUT2D eigenvalue weighted by atomic mass is 10.1. The topological polar surface area (TPSA) is 63.4 Å². The predicted molar refractivity (Wildman–Crippen MR) is 144 cm³/mol. The Morgan fingerprint density at radius 2 is 1.68 bits per heavy atom. The first-order chi connectivity index (χ1) is 17.5. The van der Waals surface area contributed by atoms with Gasteiger partial charge in [-0.2, -0.15) is 18.3 Å². The van der Waals surface area contributed by atoms with Gasteiger partial charge in [0.05, 0.1) is 17.5 Å². The first kappa shape index (κ1) is 26.9. The molecule has 2 aliphatic rings. The fourth-order valence-corrected chi connectivity index (χ4v) is 4.96. The van der Waals surface area contributed by atoms with Crippen molar-refractivity contribution in [2.45, 2.75) is 18.6 Å². The van der Waals surface area contributed by atoms with Gasteiger partial charge in [0.2, 0.25) is 0 Å². The van der Waals surface area contributed by atoms with Gasteiger partial charge in [0.25, 0.3) is 0 Å². The molecule has 12 heteroatoms. The summed E-state index contributed by atoms with van der Waals surface area (Å²) in [7, 11) is 4.07. The van der Waals surface area contributed by atoms with E-state index in [1.807, 2.05) is 25.1 Å². The molecule has 0 bridgehead atoms. The van der Waals surface area contributed by atoms with E-state index in [9.17, 15) is 13.2 Å². The number of nitrogens with one attached hydrogen (secondary N) is 1. The van der Waals surface area contributed by atoms with E-state index in [-0.39, 0.29) is 10.8 Å². The summed E-state index contributed by atoms with van der Waals surface area (Å²) in [6.45, 7) is 3.05. The summed E-state index contributed by atoms with van der Waals surface area (Å²) >= 11 is 4.79. The van der Waals surface area contributed by atoms with Crippen molar-refractivity contribution >= 4 is 40.6 Å². The second kappa shape index (κ2) is 11.1. The average Bonchev–Trinajstić information content (AvgIpc) is 3.34. The Balaban J connectivity index is 1.58. The van der Waals surface area contributed by atoms with Crippen LogP contribution in [0.2, 0.25) is 0 Å². The molecule has 0 spiro atoms. The molecule has 0 radical (unpaired) electrons. The second-order valence-corrected chi connectivity index (χ2v) is 9.88. The highest BCUT2D eigenvalue weighted by Gasteiger charge is 2.35. The fraction of sp³-hybridized carbons (Fsp3) is 0.440. The molecule has 2 aromatic rings. The summed E-state index contributed by atoms with van der Waals surface area (Å²) in [5, 5.41) is 4.03. The van der Waals surface area contributed by atoms with Gasteiger partial charge in [0.1, 0.15) is 5.82 Å². The number of benzene rings is 2. The lowest BCUT2D eigenvalue weighted by molar-refractivity contribution is -0.137. The van der Waals surface area contributed by atoms with Crippen LogP contribution in [0.15, 0.2) is 41.5 Å². The van der Waals surface area contributed by atoms with E-state index in [1.165, 1.54) is 24.4 Å². The number of hydrogen-bond donors (Lipinski definition) is 2. The molecule has 0 saturated carbocycles. The highest BCUT2D eigenvalue weighted by molar-refractivity contribution is 7.80. The third-order valence-corrected chi connectivity index (χ3v) is 6.97. The quantitative estimate of drug-likeness (QED) is 0.253. The van der Waals surface area contributed by atoms with E-state index in [4.69, 9.17) is 18.0 Å². The van der Waals surface area contributed by atoms with Crippen LogP contribution in [0, 0.1) is 5.82 Å². The molecular formula is C25H31F4N7S. The Labute approximate surface area is 219 Å². The molecule has 0 aromatic heterocycles. The molecule has 0 aliphatic carbocycles. The molecule has 2 fully saturated rings. The van der Waals surface area contributed by atoms with Gasteiger partial charge in [0, 0.05) is 62.2 Å². The summed E-state index contributed by atoms with van der Waals surface area (Å²) < 4.78 is 55.9. The predicted octanol–water partition coefficient (Wildman–Crippen LogP) is 3.48. The van der Waals surface area contributed by atoms with Crippen molar-refractivity contribution in [2.24, 2.45) is 10.8 Å². The lowest BCUT2D eigenvalue weighted by Crippen LogP contribution is -2.47. The number of likely N-dealkylation sites (N-methyl/N-ethyl adjacent to an activating group) is 1. The number of hydrazone groups is 1. The molecule has 2 saturated heterocycles. The third-order valence-electron chi connectivity index (χ3n) is 6.88. The first-order valence-electron chi connectivity index (χ1n) is 12.0. The number of halogens is 4. The van der Waals surface area contributed by atoms with Crippen molar-refractivity contribution in [1.82, 2.24) is 10.3 Å². The number of para-hydroxylation sites is 1. The minimum atomic E-state index is -4.44. The maximum absolute atomic E-state index is 15.4. The number of thiocarbonyl (C=S) groups is 1. The zero-order valence-corrected chi connectivity index (χ0v) is 21.6. The minimum Gasteiger partial charge on any atom is -0.375 e. The molecule has 200 valence electrons. The SMILES string of the molecule is CN(C)[C@@H]1CCN(c2cc(N3CCN(c4ccccc4C(F)(F)F)CC3)c(F)cc2C=NNC(N)=S)C1. The lowest BCUT2D eigenvalue weighted by Gasteiger charge is -2.38. The maximum atomic E-state index is 15.4. The number of rotatable bonds is 6.